The fraction of sp³-hybridized carbons (Fsp3) is 0.650. The molecule has 2 amide bonds. The molecule has 5 rings (SSSR count). The lowest BCUT2D eigenvalue weighted by Gasteiger charge is -2.27. The van der Waals surface area contributed by atoms with Gasteiger partial charge in [0.2, 0.25) is 5.92 Å². The molecule has 0 radical (unpaired) electrons. The minimum atomic E-state index is -2.71. The van der Waals surface area contributed by atoms with E-state index in [0.717, 1.165) is 5.69 Å². The molecule has 2 atom stereocenters. The zero-order valence-corrected chi connectivity index (χ0v) is 16.3. The first-order valence-electron chi connectivity index (χ1n) is 10.3. The number of carbonyl (C=O) groups is 1. The average molecular weight is 425 g/mol. The van der Waals surface area contributed by atoms with Crippen molar-refractivity contribution in [1.29, 1.82) is 0 Å². The second-order valence-corrected chi connectivity index (χ2v) is 8.86. The predicted octanol–water partition coefficient (Wildman–Crippen LogP) is 3.50. The molecule has 162 valence electrons. The summed E-state index contributed by atoms with van der Waals surface area (Å²) in [6, 6.07) is 1.43. The number of hydrogen-bond acceptors (Lipinski definition) is 3. The summed E-state index contributed by atoms with van der Waals surface area (Å²) in [6.45, 7) is 0.191. The van der Waals surface area contributed by atoms with Gasteiger partial charge in [0.25, 0.3) is 5.92 Å². The molecule has 1 aliphatic heterocycles. The standard InChI is InChI=1S/C20H23F4N5O/c21-19(22)3-1-12(2-4-19)5-14-10-29-17(27-14)6-13(7-26-29)9-28-11-16-15(20(16,23)24)8-25-18(28)30/h6-7,10,12,15-16H,1-5,8-9,11H2,(H,25,30)/t15?,16-/m1/s1. The van der Waals surface area contributed by atoms with Gasteiger partial charge in [0.15, 0.2) is 5.65 Å². The second kappa shape index (κ2) is 6.81. The molecule has 2 aromatic heterocycles. The van der Waals surface area contributed by atoms with Gasteiger partial charge >= 0.3 is 6.03 Å². The Hall–Kier alpha value is -2.39. The summed E-state index contributed by atoms with van der Waals surface area (Å²) >= 11 is 0. The Morgan fingerprint density at radius 1 is 1.17 bits per heavy atom. The molecule has 6 nitrogen and oxygen atoms in total. The number of halogens is 4. The Bertz CT molecular complexity index is 967. The normalized spacial score (nSPS) is 28.1. The molecular weight excluding hydrogens is 402 g/mol. The molecule has 10 heteroatoms. The lowest BCUT2D eigenvalue weighted by Crippen LogP contribution is -2.40. The van der Waals surface area contributed by atoms with Crippen molar-refractivity contribution in [2.75, 3.05) is 13.1 Å². The molecule has 1 N–H and O–H groups in total. The maximum atomic E-state index is 13.7. The van der Waals surface area contributed by atoms with E-state index in [4.69, 9.17) is 0 Å². The van der Waals surface area contributed by atoms with Crippen LogP contribution >= 0.6 is 0 Å². The van der Waals surface area contributed by atoms with Gasteiger partial charge in [-0.25, -0.2) is 31.9 Å². The Morgan fingerprint density at radius 3 is 2.70 bits per heavy atom. The Morgan fingerprint density at radius 2 is 1.93 bits per heavy atom. The number of imidazole rings is 1. The monoisotopic (exact) mass is 425 g/mol. The molecule has 30 heavy (non-hydrogen) atoms. The average Bonchev–Trinajstić information content (AvgIpc) is 3.04. The fourth-order valence-electron chi connectivity index (χ4n) is 4.72. The summed E-state index contributed by atoms with van der Waals surface area (Å²) in [4.78, 5) is 18.2. The van der Waals surface area contributed by atoms with Crippen LogP contribution in [0.5, 0.6) is 0 Å². The zero-order chi connectivity index (χ0) is 21.1. The van der Waals surface area contributed by atoms with Crippen LogP contribution in [-0.2, 0) is 13.0 Å². The van der Waals surface area contributed by atoms with Crippen molar-refractivity contribution in [1.82, 2.24) is 24.8 Å². The van der Waals surface area contributed by atoms with Crippen LogP contribution in [0.3, 0.4) is 0 Å². The van der Waals surface area contributed by atoms with Crippen LogP contribution in [0, 0.1) is 17.8 Å². The summed E-state index contributed by atoms with van der Waals surface area (Å²) in [5.41, 5.74) is 2.09. The molecule has 3 heterocycles. The SMILES string of the molecule is O=C1NCC2[C@@H](CN1Cc1cnn3cc(CC4CCC(F)(F)CC4)nc3c1)C2(F)F. The number of nitrogens with one attached hydrogen (secondary N) is 1. The molecule has 2 aromatic rings. The van der Waals surface area contributed by atoms with E-state index in [2.05, 4.69) is 15.4 Å². The van der Waals surface area contributed by atoms with Gasteiger partial charge in [-0.3, -0.25) is 0 Å². The van der Waals surface area contributed by atoms with Crippen LogP contribution in [-0.4, -0.2) is 50.5 Å². The van der Waals surface area contributed by atoms with Crippen LogP contribution in [0.1, 0.15) is 36.9 Å². The van der Waals surface area contributed by atoms with Crippen molar-refractivity contribution in [3.63, 3.8) is 0 Å². The molecule has 0 bridgehead atoms. The highest BCUT2D eigenvalue weighted by Crippen LogP contribution is 2.55. The minimum Gasteiger partial charge on any atom is -0.337 e. The Balaban J connectivity index is 1.27. The number of amides is 2. The van der Waals surface area contributed by atoms with Crippen molar-refractivity contribution in [3.8, 4) is 0 Å². The predicted molar refractivity (Wildman–Crippen MR) is 99.3 cm³/mol. The highest BCUT2D eigenvalue weighted by Gasteiger charge is 2.69. The molecule has 3 aliphatic rings. The highest BCUT2D eigenvalue weighted by atomic mass is 19.3. The van der Waals surface area contributed by atoms with Crippen LogP contribution in [0.15, 0.2) is 18.5 Å². The van der Waals surface area contributed by atoms with Gasteiger partial charge in [0.1, 0.15) is 0 Å². The maximum absolute atomic E-state index is 13.7. The summed E-state index contributed by atoms with van der Waals surface area (Å²) in [5, 5.41) is 6.88. The quantitative estimate of drug-likeness (QED) is 0.763. The molecule has 0 aromatic carbocycles. The molecule has 0 spiro atoms. The van der Waals surface area contributed by atoms with Crippen LogP contribution in [0.4, 0.5) is 22.4 Å². The van der Waals surface area contributed by atoms with Crippen molar-refractivity contribution >= 4 is 11.7 Å². The molecule has 2 saturated carbocycles. The van der Waals surface area contributed by atoms with E-state index in [0.29, 0.717) is 30.5 Å². The Kier molecular flexibility index (Phi) is 4.44. The molecule has 3 fully saturated rings. The maximum Gasteiger partial charge on any atom is 0.317 e. The third-order valence-corrected chi connectivity index (χ3v) is 6.68. The number of hydrogen-bond donors (Lipinski definition) is 1. The third-order valence-electron chi connectivity index (χ3n) is 6.68. The number of rotatable bonds is 4. The Labute approximate surface area is 170 Å². The molecule has 1 saturated heterocycles. The van der Waals surface area contributed by atoms with Crippen LogP contribution in [0.25, 0.3) is 5.65 Å². The molecular formula is C20H23F4N5O. The van der Waals surface area contributed by atoms with Gasteiger partial charge in [-0.1, -0.05) is 0 Å². The zero-order valence-electron chi connectivity index (χ0n) is 16.3. The number of carbonyl (C=O) groups excluding carboxylic acids is 1. The van der Waals surface area contributed by atoms with Crippen molar-refractivity contribution in [3.05, 3.63) is 29.7 Å². The second-order valence-electron chi connectivity index (χ2n) is 8.86. The minimum absolute atomic E-state index is 0.000994. The van der Waals surface area contributed by atoms with E-state index in [9.17, 15) is 22.4 Å². The van der Waals surface area contributed by atoms with Gasteiger partial charge in [0, 0.05) is 32.5 Å². The third kappa shape index (κ3) is 3.60. The van der Waals surface area contributed by atoms with Gasteiger partial charge in [-0.05, 0) is 36.8 Å². The molecule has 2 aliphatic carbocycles. The summed E-state index contributed by atoms with van der Waals surface area (Å²) in [5.74, 6) is -6.65. The number of fused-ring (bicyclic) bond motifs is 2. The topological polar surface area (TPSA) is 62.5 Å². The summed E-state index contributed by atoms with van der Waals surface area (Å²) < 4.78 is 55.7. The van der Waals surface area contributed by atoms with E-state index >= 15 is 0 Å². The number of nitrogens with zero attached hydrogens (tertiary/aromatic N) is 4. The number of aromatic nitrogens is 3. The highest BCUT2D eigenvalue weighted by molar-refractivity contribution is 5.75. The smallest absolute Gasteiger partial charge is 0.317 e. The van der Waals surface area contributed by atoms with E-state index in [-0.39, 0.29) is 44.4 Å². The van der Waals surface area contributed by atoms with Crippen molar-refractivity contribution < 1.29 is 22.4 Å². The van der Waals surface area contributed by atoms with Crippen LogP contribution < -0.4 is 5.32 Å². The lowest BCUT2D eigenvalue weighted by atomic mass is 9.84. The van der Waals surface area contributed by atoms with E-state index < -0.39 is 23.7 Å². The van der Waals surface area contributed by atoms with Crippen molar-refractivity contribution in [2.24, 2.45) is 17.8 Å². The van der Waals surface area contributed by atoms with Gasteiger partial charge in [-0.2, -0.15) is 5.10 Å². The van der Waals surface area contributed by atoms with Crippen molar-refractivity contribution in [2.45, 2.75) is 50.5 Å². The molecule has 1 unspecified atom stereocenters. The first kappa shape index (κ1) is 19.6. The van der Waals surface area contributed by atoms with E-state index in [1.165, 1.54) is 4.90 Å². The lowest BCUT2D eigenvalue weighted by molar-refractivity contribution is -0.0457. The van der Waals surface area contributed by atoms with Gasteiger partial charge < -0.3 is 10.2 Å². The van der Waals surface area contributed by atoms with Crippen LogP contribution in [0.2, 0.25) is 0 Å². The van der Waals surface area contributed by atoms with Gasteiger partial charge in [-0.15, -0.1) is 0 Å². The summed E-state index contributed by atoms with van der Waals surface area (Å²) in [6.07, 6.45) is 4.83. The first-order valence-corrected chi connectivity index (χ1v) is 10.3. The largest absolute Gasteiger partial charge is 0.337 e. The summed E-state index contributed by atoms with van der Waals surface area (Å²) in [7, 11) is 0. The number of urea groups is 1. The first-order chi connectivity index (χ1) is 14.2. The van der Waals surface area contributed by atoms with E-state index in [1.807, 2.05) is 0 Å². The van der Waals surface area contributed by atoms with E-state index in [1.54, 1.807) is 23.0 Å². The fourth-order valence-corrected chi connectivity index (χ4v) is 4.72. The van der Waals surface area contributed by atoms with Gasteiger partial charge in [0.05, 0.1) is 29.9 Å². The number of alkyl halides is 4.